The van der Waals surface area contributed by atoms with Crippen molar-refractivity contribution in [3.63, 3.8) is 0 Å². The molecule has 5 nitrogen and oxygen atoms in total. The molecule has 0 spiro atoms. The van der Waals surface area contributed by atoms with Gasteiger partial charge in [-0.1, -0.05) is 24.3 Å². The molecule has 3 aromatic rings. The summed E-state index contributed by atoms with van der Waals surface area (Å²) in [6.07, 6.45) is 0.808. The van der Waals surface area contributed by atoms with Crippen LogP contribution in [0.15, 0.2) is 66.7 Å². The summed E-state index contributed by atoms with van der Waals surface area (Å²) in [6.45, 7) is 4.43. The van der Waals surface area contributed by atoms with Crippen molar-refractivity contribution in [2.24, 2.45) is 0 Å². The number of carbonyl (C=O) groups excluding carboxylic acids is 2. The van der Waals surface area contributed by atoms with E-state index in [9.17, 15) is 9.59 Å². The van der Waals surface area contributed by atoms with Crippen molar-refractivity contribution >= 4 is 12.3 Å². The Bertz CT molecular complexity index is 1010. The average molecular weight is 404 g/mol. The first-order valence-corrected chi connectivity index (χ1v) is 9.75. The fourth-order valence-corrected chi connectivity index (χ4v) is 3.03. The van der Waals surface area contributed by atoms with Crippen LogP contribution in [0.5, 0.6) is 11.5 Å². The monoisotopic (exact) mass is 404 g/mol. The molecule has 0 aliphatic rings. The van der Waals surface area contributed by atoms with E-state index >= 15 is 0 Å². The number of esters is 1. The predicted molar refractivity (Wildman–Crippen MR) is 115 cm³/mol. The molecule has 5 heteroatoms. The average Bonchev–Trinajstić information content (AvgIpc) is 2.77. The zero-order chi connectivity index (χ0) is 21.3. The van der Waals surface area contributed by atoms with Crippen LogP contribution in [-0.2, 0) is 16.1 Å². The first-order chi connectivity index (χ1) is 14.6. The van der Waals surface area contributed by atoms with Gasteiger partial charge < -0.3 is 14.2 Å². The second kappa shape index (κ2) is 10.3. The Labute approximate surface area is 176 Å². The maximum Gasteiger partial charge on any atom is 0.344 e. The zero-order valence-electron chi connectivity index (χ0n) is 17.1. The van der Waals surface area contributed by atoms with Gasteiger partial charge in [-0.15, -0.1) is 0 Å². The van der Waals surface area contributed by atoms with Crippen molar-refractivity contribution in [1.82, 2.24) is 0 Å². The highest BCUT2D eigenvalue weighted by atomic mass is 16.6. The summed E-state index contributed by atoms with van der Waals surface area (Å²) >= 11 is 0. The minimum atomic E-state index is -0.382. The van der Waals surface area contributed by atoms with E-state index in [0.29, 0.717) is 30.3 Å². The number of benzene rings is 3. The molecule has 0 aliphatic heterocycles. The van der Waals surface area contributed by atoms with Crippen molar-refractivity contribution < 1.29 is 23.8 Å². The van der Waals surface area contributed by atoms with Gasteiger partial charge in [-0.3, -0.25) is 4.79 Å². The molecule has 0 saturated heterocycles. The summed E-state index contributed by atoms with van der Waals surface area (Å²) in [5.74, 6) is 0.959. The van der Waals surface area contributed by atoms with E-state index in [4.69, 9.17) is 14.2 Å². The van der Waals surface area contributed by atoms with Crippen LogP contribution in [0, 0.1) is 6.92 Å². The van der Waals surface area contributed by atoms with E-state index in [1.807, 2.05) is 43.3 Å². The van der Waals surface area contributed by atoms with Crippen molar-refractivity contribution in [2.45, 2.75) is 20.5 Å². The zero-order valence-corrected chi connectivity index (χ0v) is 17.1. The van der Waals surface area contributed by atoms with Gasteiger partial charge in [0, 0.05) is 5.56 Å². The summed E-state index contributed by atoms with van der Waals surface area (Å²) in [5.41, 5.74) is 4.85. The molecule has 0 fully saturated rings. The molecule has 154 valence electrons. The molecule has 0 unspecified atom stereocenters. The van der Waals surface area contributed by atoms with Gasteiger partial charge in [0.05, 0.1) is 6.61 Å². The normalized spacial score (nSPS) is 10.3. The molecule has 3 rings (SSSR count). The molecule has 0 atom stereocenters. The fraction of sp³-hybridized carbons (Fsp3) is 0.200. The number of aldehydes is 1. The van der Waals surface area contributed by atoms with E-state index in [1.165, 1.54) is 0 Å². The number of ether oxygens (including phenoxy) is 3. The highest BCUT2D eigenvalue weighted by Crippen LogP contribution is 2.28. The second-order valence-electron chi connectivity index (χ2n) is 6.75. The lowest BCUT2D eigenvalue weighted by Crippen LogP contribution is -2.14. The van der Waals surface area contributed by atoms with Gasteiger partial charge in [0.15, 0.2) is 6.61 Å². The minimum absolute atomic E-state index is 0.104. The first-order valence-electron chi connectivity index (χ1n) is 9.75. The van der Waals surface area contributed by atoms with Crippen LogP contribution < -0.4 is 9.47 Å². The minimum Gasteiger partial charge on any atom is -0.489 e. The number of aryl methyl sites for hydroxylation is 1. The van der Waals surface area contributed by atoms with Crippen molar-refractivity contribution in [3.05, 3.63) is 83.4 Å². The van der Waals surface area contributed by atoms with Gasteiger partial charge in [-0.05, 0) is 78.6 Å². The molecule has 3 aromatic carbocycles. The summed E-state index contributed by atoms with van der Waals surface area (Å²) in [6, 6.07) is 20.9. The summed E-state index contributed by atoms with van der Waals surface area (Å²) < 4.78 is 16.2. The topological polar surface area (TPSA) is 61.8 Å². The molecule has 0 bridgehead atoms. The maximum absolute atomic E-state index is 11.4. The third kappa shape index (κ3) is 5.70. The summed E-state index contributed by atoms with van der Waals surface area (Å²) in [5, 5.41) is 0. The van der Waals surface area contributed by atoms with Crippen molar-refractivity contribution in [1.29, 1.82) is 0 Å². The second-order valence-corrected chi connectivity index (χ2v) is 6.75. The standard InChI is InChI=1S/C25H24O5/c1-3-28-25(27)17-30-23-11-12-24(18(2)13-23)21-6-4-5-20(14-21)16-29-22-9-7-19(15-26)8-10-22/h4-15H,3,16-17H2,1-2H3. The summed E-state index contributed by atoms with van der Waals surface area (Å²) in [7, 11) is 0. The van der Waals surface area contributed by atoms with E-state index in [1.54, 1.807) is 31.2 Å². The lowest BCUT2D eigenvalue weighted by Gasteiger charge is -2.12. The third-order valence-corrected chi connectivity index (χ3v) is 4.52. The Balaban J connectivity index is 1.67. The Morgan fingerprint density at radius 2 is 1.70 bits per heavy atom. The number of hydrogen-bond donors (Lipinski definition) is 0. The Hall–Kier alpha value is -3.60. The lowest BCUT2D eigenvalue weighted by atomic mass is 9.99. The lowest BCUT2D eigenvalue weighted by molar-refractivity contribution is -0.145. The largest absolute Gasteiger partial charge is 0.489 e. The molecule has 0 N–H and O–H groups in total. The fourth-order valence-electron chi connectivity index (χ4n) is 3.03. The van der Waals surface area contributed by atoms with E-state index in [-0.39, 0.29) is 12.6 Å². The Morgan fingerprint density at radius 1 is 0.933 bits per heavy atom. The molecule has 0 amide bonds. The van der Waals surface area contributed by atoms with Crippen LogP contribution in [0.1, 0.15) is 28.4 Å². The van der Waals surface area contributed by atoms with Gasteiger partial charge >= 0.3 is 5.97 Å². The van der Waals surface area contributed by atoms with Crippen LogP contribution >= 0.6 is 0 Å². The number of carbonyl (C=O) groups is 2. The smallest absolute Gasteiger partial charge is 0.344 e. The van der Waals surface area contributed by atoms with Crippen LogP contribution in [0.2, 0.25) is 0 Å². The molecule has 0 saturated carbocycles. The van der Waals surface area contributed by atoms with E-state index in [0.717, 1.165) is 28.5 Å². The van der Waals surface area contributed by atoms with E-state index < -0.39 is 0 Å². The molecular weight excluding hydrogens is 380 g/mol. The van der Waals surface area contributed by atoms with Crippen molar-refractivity contribution in [2.75, 3.05) is 13.2 Å². The molecule has 30 heavy (non-hydrogen) atoms. The molecule has 0 aliphatic carbocycles. The van der Waals surface area contributed by atoms with Gasteiger partial charge in [0.1, 0.15) is 24.4 Å². The highest BCUT2D eigenvalue weighted by molar-refractivity contribution is 5.75. The first kappa shape index (κ1) is 21.1. The van der Waals surface area contributed by atoms with Crippen LogP contribution in [0.4, 0.5) is 0 Å². The van der Waals surface area contributed by atoms with Gasteiger partial charge in [0.2, 0.25) is 0 Å². The molecule has 0 aromatic heterocycles. The van der Waals surface area contributed by atoms with E-state index in [2.05, 4.69) is 6.07 Å². The van der Waals surface area contributed by atoms with Crippen LogP contribution in [-0.4, -0.2) is 25.5 Å². The predicted octanol–water partition coefficient (Wildman–Crippen LogP) is 5.00. The highest BCUT2D eigenvalue weighted by Gasteiger charge is 2.08. The summed E-state index contributed by atoms with van der Waals surface area (Å²) in [4.78, 5) is 22.2. The van der Waals surface area contributed by atoms with Crippen LogP contribution in [0.25, 0.3) is 11.1 Å². The van der Waals surface area contributed by atoms with Crippen molar-refractivity contribution in [3.8, 4) is 22.6 Å². The van der Waals surface area contributed by atoms with Gasteiger partial charge in [0.25, 0.3) is 0 Å². The number of hydrogen-bond acceptors (Lipinski definition) is 5. The molecule has 0 heterocycles. The van der Waals surface area contributed by atoms with Crippen LogP contribution in [0.3, 0.4) is 0 Å². The Morgan fingerprint density at radius 3 is 2.40 bits per heavy atom. The van der Waals surface area contributed by atoms with Gasteiger partial charge in [-0.2, -0.15) is 0 Å². The Kier molecular flexibility index (Phi) is 7.22. The third-order valence-electron chi connectivity index (χ3n) is 4.52. The maximum atomic E-state index is 11.4. The molecular formula is C25H24O5. The number of rotatable bonds is 9. The quantitative estimate of drug-likeness (QED) is 0.371. The van der Waals surface area contributed by atoms with Gasteiger partial charge in [-0.25, -0.2) is 4.79 Å². The SMILES string of the molecule is CCOC(=O)COc1ccc(-c2cccc(COc3ccc(C=O)cc3)c2)c(C)c1. The molecule has 0 radical (unpaired) electrons.